The molecule has 0 spiro atoms. The maximum Gasteiger partial charge on any atom is 0.104 e. The second-order valence-corrected chi connectivity index (χ2v) is 7.50. The minimum atomic E-state index is -0.521. The third kappa shape index (κ3) is 1.74. The monoisotopic (exact) mass is 283 g/mol. The Morgan fingerprint density at radius 3 is 2.76 bits per heavy atom. The van der Waals surface area contributed by atoms with Gasteiger partial charge in [-0.1, -0.05) is 44.6 Å². The van der Waals surface area contributed by atoms with Crippen LogP contribution < -0.4 is 0 Å². The minimum Gasteiger partial charge on any atom is -0.392 e. The lowest BCUT2D eigenvalue weighted by Crippen LogP contribution is -2.54. The molecule has 21 heavy (non-hydrogen) atoms. The molecule has 0 aromatic heterocycles. The van der Waals surface area contributed by atoms with Crippen LogP contribution in [0.1, 0.15) is 47.0 Å². The van der Waals surface area contributed by atoms with Crippen molar-refractivity contribution in [3.8, 4) is 6.07 Å². The maximum atomic E-state index is 10.8. The molecular weight excluding hydrogens is 258 g/mol. The summed E-state index contributed by atoms with van der Waals surface area (Å²) in [5, 5.41) is 20.9. The van der Waals surface area contributed by atoms with E-state index in [1.54, 1.807) is 0 Å². The molecule has 3 aliphatic rings. The van der Waals surface area contributed by atoms with Crippen LogP contribution in [0.4, 0.5) is 0 Å². The lowest BCUT2D eigenvalue weighted by Gasteiger charge is -2.56. The molecule has 0 saturated heterocycles. The van der Waals surface area contributed by atoms with Crippen molar-refractivity contribution >= 4 is 0 Å². The molecule has 2 bridgehead atoms. The summed E-state index contributed by atoms with van der Waals surface area (Å²) in [6.07, 6.45) is 8.82. The van der Waals surface area contributed by atoms with E-state index in [1.165, 1.54) is 11.1 Å². The van der Waals surface area contributed by atoms with Gasteiger partial charge in [-0.25, -0.2) is 0 Å². The first-order valence-electron chi connectivity index (χ1n) is 8.06. The van der Waals surface area contributed by atoms with Gasteiger partial charge in [0.2, 0.25) is 0 Å². The Morgan fingerprint density at radius 1 is 1.43 bits per heavy atom. The van der Waals surface area contributed by atoms with E-state index >= 15 is 0 Å². The summed E-state index contributed by atoms with van der Waals surface area (Å²) < 4.78 is 0. The SMILES string of the molecule is C/C=C1\[C@]2(C)CC3=C(C=CC(C)C3)[C@@]1(C#N)CC(C)[C@@H]2O. The molecule has 0 heterocycles. The summed E-state index contributed by atoms with van der Waals surface area (Å²) >= 11 is 0. The van der Waals surface area contributed by atoms with Crippen LogP contribution in [0.5, 0.6) is 0 Å². The standard InChI is InChI=1S/C19H25NO/c1-5-16-18(4)10-14-8-12(2)6-7-15(14)19(16,11-20)9-13(3)17(18)21/h5-7,12-13,17,21H,8-10H2,1-4H3/b16-5+/t12?,13?,17-,18-,19-/m0/s1. The van der Waals surface area contributed by atoms with Crippen molar-refractivity contribution in [2.24, 2.45) is 22.7 Å². The molecule has 0 aromatic rings. The van der Waals surface area contributed by atoms with Gasteiger partial charge in [-0.3, -0.25) is 0 Å². The molecule has 5 atom stereocenters. The highest BCUT2D eigenvalue weighted by atomic mass is 16.3. The van der Waals surface area contributed by atoms with Gasteiger partial charge in [0, 0.05) is 5.41 Å². The fourth-order valence-corrected chi connectivity index (χ4v) is 5.18. The van der Waals surface area contributed by atoms with E-state index in [2.05, 4.69) is 45.1 Å². The molecule has 3 rings (SSSR count). The van der Waals surface area contributed by atoms with Crippen LogP contribution in [0.15, 0.2) is 34.9 Å². The zero-order valence-corrected chi connectivity index (χ0v) is 13.5. The van der Waals surface area contributed by atoms with Crippen molar-refractivity contribution in [3.63, 3.8) is 0 Å². The van der Waals surface area contributed by atoms with Crippen molar-refractivity contribution < 1.29 is 5.11 Å². The van der Waals surface area contributed by atoms with Crippen LogP contribution >= 0.6 is 0 Å². The van der Waals surface area contributed by atoms with E-state index in [0.29, 0.717) is 5.92 Å². The van der Waals surface area contributed by atoms with Gasteiger partial charge in [0.25, 0.3) is 0 Å². The average molecular weight is 283 g/mol. The first-order chi connectivity index (χ1) is 9.89. The number of aliphatic hydroxyl groups excluding tert-OH is 1. The van der Waals surface area contributed by atoms with Crippen molar-refractivity contribution in [2.45, 2.75) is 53.1 Å². The van der Waals surface area contributed by atoms with Crippen LogP contribution in [0, 0.1) is 34.0 Å². The third-order valence-corrected chi connectivity index (χ3v) is 5.96. The van der Waals surface area contributed by atoms with E-state index in [4.69, 9.17) is 0 Å². The van der Waals surface area contributed by atoms with Gasteiger partial charge >= 0.3 is 0 Å². The summed E-state index contributed by atoms with van der Waals surface area (Å²) in [6, 6.07) is 2.65. The fraction of sp³-hybridized carbons (Fsp3) is 0.632. The minimum absolute atomic E-state index is 0.153. The second kappa shape index (κ2) is 4.58. The average Bonchev–Trinajstić information content (AvgIpc) is 2.44. The number of nitriles is 1. The maximum absolute atomic E-state index is 10.8. The molecule has 3 aliphatic carbocycles. The summed E-state index contributed by atoms with van der Waals surface area (Å²) in [5.74, 6) is 0.686. The first kappa shape index (κ1) is 14.6. The van der Waals surface area contributed by atoms with Crippen molar-refractivity contribution in [2.75, 3.05) is 0 Å². The normalized spacial score (nSPS) is 47.2. The molecule has 112 valence electrons. The molecule has 1 saturated carbocycles. The van der Waals surface area contributed by atoms with Crippen LogP contribution in [-0.4, -0.2) is 11.2 Å². The van der Waals surface area contributed by atoms with Crippen LogP contribution in [0.2, 0.25) is 0 Å². The molecule has 2 heteroatoms. The lowest BCUT2D eigenvalue weighted by molar-refractivity contribution is -0.0301. The largest absolute Gasteiger partial charge is 0.392 e. The predicted octanol–water partition coefficient (Wildman–Crippen LogP) is 4.15. The highest BCUT2D eigenvalue weighted by Crippen LogP contribution is 2.63. The molecule has 1 N–H and O–H groups in total. The van der Waals surface area contributed by atoms with Gasteiger partial charge in [0.1, 0.15) is 5.41 Å². The summed E-state index contributed by atoms with van der Waals surface area (Å²) in [4.78, 5) is 0. The lowest BCUT2D eigenvalue weighted by atomic mass is 9.47. The third-order valence-electron chi connectivity index (χ3n) is 5.96. The molecule has 0 radical (unpaired) electrons. The number of aliphatic hydroxyl groups is 1. The summed E-state index contributed by atoms with van der Waals surface area (Å²) in [6.45, 7) is 8.48. The van der Waals surface area contributed by atoms with E-state index < -0.39 is 5.41 Å². The van der Waals surface area contributed by atoms with Gasteiger partial charge in [-0.05, 0) is 49.2 Å². The molecule has 2 unspecified atom stereocenters. The number of hydrogen-bond acceptors (Lipinski definition) is 2. The number of rotatable bonds is 0. The van der Waals surface area contributed by atoms with Gasteiger partial charge in [0.15, 0.2) is 0 Å². The predicted molar refractivity (Wildman–Crippen MR) is 84.3 cm³/mol. The first-order valence-corrected chi connectivity index (χ1v) is 8.06. The van der Waals surface area contributed by atoms with E-state index in [0.717, 1.165) is 24.8 Å². The Kier molecular flexibility index (Phi) is 3.19. The van der Waals surface area contributed by atoms with Crippen molar-refractivity contribution in [3.05, 3.63) is 34.9 Å². The molecule has 1 fully saturated rings. The molecule has 0 amide bonds. The molecule has 0 aromatic carbocycles. The Hall–Kier alpha value is -1.33. The van der Waals surface area contributed by atoms with Gasteiger partial charge < -0.3 is 5.11 Å². The van der Waals surface area contributed by atoms with Crippen LogP contribution in [-0.2, 0) is 0 Å². The van der Waals surface area contributed by atoms with Gasteiger partial charge in [-0.2, -0.15) is 5.26 Å². The van der Waals surface area contributed by atoms with Gasteiger partial charge in [-0.15, -0.1) is 0 Å². The highest BCUT2D eigenvalue weighted by Gasteiger charge is 2.59. The van der Waals surface area contributed by atoms with Crippen LogP contribution in [0.25, 0.3) is 0 Å². The Morgan fingerprint density at radius 2 is 2.14 bits per heavy atom. The second-order valence-electron chi connectivity index (χ2n) is 7.50. The number of nitrogens with zero attached hydrogens (tertiary/aromatic N) is 1. The Balaban J connectivity index is 2.27. The molecule has 0 aliphatic heterocycles. The molecular formula is C19H25NO. The zero-order chi connectivity index (χ0) is 15.4. The molecule has 2 nitrogen and oxygen atoms in total. The summed E-state index contributed by atoms with van der Waals surface area (Å²) in [7, 11) is 0. The van der Waals surface area contributed by atoms with E-state index in [-0.39, 0.29) is 17.4 Å². The number of fused-ring (bicyclic) bond motifs is 3. The summed E-state index contributed by atoms with van der Waals surface area (Å²) in [5.41, 5.74) is 2.96. The smallest absolute Gasteiger partial charge is 0.104 e. The highest BCUT2D eigenvalue weighted by molar-refractivity contribution is 5.55. The quantitative estimate of drug-likeness (QED) is 0.679. The number of allylic oxidation sites excluding steroid dienone is 5. The van der Waals surface area contributed by atoms with E-state index in [9.17, 15) is 10.4 Å². The van der Waals surface area contributed by atoms with Gasteiger partial charge in [0.05, 0.1) is 12.2 Å². The van der Waals surface area contributed by atoms with Crippen molar-refractivity contribution in [1.29, 1.82) is 5.26 Å². The fourth-order valence-electron chi connectivity index (χ4n) is 5.18. The number of hydrogen-bond donors (Lipinski definition) is 1. The van der Waals surface area contributed by atoms with Crippen molar-refractivity contribution in [1.82, 2.24) is 0 Å². The zero-order valence-electron chi connectivity index (χ0n) is 13.5. The Labute approximate surface area is 127 Å². The topological polar surface area (TPSA) is 44.0 Å². The van der Waals surface area contributed by atoms with E-state index in [1.807, 2.05) is 6.92 Å². The van der Waals surface area contributed by atoms with Crippen LogP contribution in [0.3, 0.4) is 0 Å². The Bertz CT molecular complexity index is 606.